The number of hydrogen-bond donors (Lipinski definition) is 1. The molecule has 9 heteroatoms. The van der Waals surface area contributed by atoms with Gasteiger partial charge in [0.15, 0.2) is 12.4 Å². The van der Waals surface area contributed by atoms with Crippen LogP contribution in [0.4, 0.5) is 11.4 Å². The van der Waals surface area contributed by atoms with Crippen LogP contribution in [-0.4, -0.2) is 35.6 Å². The molecule has 0 unspecified atom stereocenters. The maximum Gasteiger partial charge on any atom is 0.339 e. The molecule has 0 saturated heterocycles. The zero-order chi connectivity index (χ0) is 13.4. The van der Waals surface area contributed by atoms with E-state index in [1.807, 2.05) is 0 Å². The fourth-order valence-corrected chi connectivity index (χ4v) is 1.63. The number of nitrogens with zero attached hydrogens (tertiary/aromatic N) is 2. The second-order valence-electron chi connectivity index (χ2n) is 3.65. The number of carboxylic acids is 1. The van der Waals surface area contributed by atoms with Gasteiger partial charge in [0.2, 0.25) is 0 Å². The Balaban J connectivity index is 0.00000180. The molecular formula is C10H9ClN2O6. The van der Waals surface area contributed by atoms with Gasteiger partial charge in [-0.1, -0.05) is 0 Å². The van der Waals surface area contributed by atoms with Crippen molar-refractivity contribution in [3.63, 3.8) is 0 Å². The molecule has 2 rings (SSSR count). The number of carbonyl (C=O) groups is 2. The van der Waals surface area contributed by atoms with Gasteiger partial charge < -0.3 is 14.7 Å². The third kappa shape index (κ3) is 2.43. The molecule has 19 heavy (non-hydrogen) atoms. The summed E-state index contributed by atoms with van der Waals surface area (Å²) < 4.78 is 5.04. The number of nitro groups is 1. The second-order valence-corrected chi connectivity index (χ2v) is 3.65. The summed E-state index contributed by atoms with van der Waals surface area (Å²) in [4.78, 5) is 33.6. The van der Waals surface area contributed by atoms with Gasteiger partial charge in [-0.15, -0.1) is 12.4 Å². The number of fused-ring (bicyclic) bond motifs is 1. The van der Waals surface area contributed by atoms with E-state index in [4.69, 9.17) is 9.84 Å². The van der Waals surface area contributed by atoms with Crippen LogP contribution in [-0.2, 0) is 4.79 Å². The predicted octanol–water partition coefficient (Wildman–Crippen LogP) is 1.07. The smallest absolute Gasteiger partial charge is 0.339 e. The lowest BCUT2D eigenvalue weighted by Gasteiger charge is -2.26. The Kier molecular flexibility index (Phi) is 3.95. The summed E-state index contributed by atoms with van der Waals surface area (Å²) in [6.45, 7) is -0.290. The molecule has 1 aliphatic heterocycles. The van der Waals surface area contributed by atoms with Gasteiger partial charge in [0.1, 0.15) is 5.56 Å². The van der Waals surface area contributed by atoms with E-state index in [-0.39, 0.29) is 36.0 Å². The number of aromatic carboxylic acids is 1. The second kappa shape index (κ2) is 5.11. The maximum absolute atomic E-state index is 11.4. The minimum atomic E-state index is -1.35. The highest BCUT2D eigenvalue weighted by molar-refractivity contribution is 6.02. The first-order valence-corrected chi connectivity index (χ1v) is 4.87. The summed E-state index contributed by atoms with van der Waals surface area (Å²) in [5.41, 5.74) is -0.660. The van der Waals surface area contributed by atoms with E-state index >= 15 is 0 Å². The average molecular weight is 289 g/mol. The number of anilines is 1. The number of amides is 1. The molecule has 1 heterocycles. The summed E-state index contributed by atoms with van der Waals surface area (Å²) in [7, 11) is 1.40. The Hall–Kier alpha value is -2.35. The number of likely N-dealkylation sites (N-methyl/N-ethyl adjacent to an activating group) is 1. The van der Waals surface area contributed by atoms with Crippen LogP contribution < -0.4 is 9.64 Å². The van der Waals surface area contributed by atoms with E-state index in [1.54, 1.807) is 0 Å². The van der Waals surface area contributed by atoms with Crippen LogP contribution in [0.25, 0.3) is 0 Å². The lowest BCUT2D eigenvalue weighted by atomic mass is 10.1. The fraction of sp³-hybridized carbons (Fsp3) is 0.200. The van der Waals surface area contributed by atoms with Crippen molar-refractivity contribution in [3.8, 4) is 5.75 Å². The molecule has 1 amide bonds. The van der Waals surface area contributed by atoms with Gasteiger partial charge >= 0.3 is 5.97 Å². The van der Waals surface area contributed by atoms with Crippen LogP contribution in [0, 0.1) is 10.1 Å². The largest absolute Gasteiger partial charge is 0.481 e. The zero-order valence-electron chi connectivity index (χ0n) is 9.65. The van der Waals surface area contributed by atoms with Crippen molar-refractivity contribution in [2.75, 3.05) is 18.6 Å². The maximum atomic E-state index is 11.4. The Morgan fingerprint density at radius 1 is 1.53 bits per heavy atom. The first-order valence-electron chi connectivity index (χ1n) is 4.87. The van der Waals surface area contributed by atoms with E-state index in [2.05, 4.69) is 0 Å². The lowest BCUT2D eigenvalue weighted by Crippen LogP contribution is -2.36. The van der Waals surface area contributed by atoms with Crippen molar-refractivity contribution >= 4 is 35.7 Å². The Labute approximate surface area is 113 Å². The normalized spacial score (nSPS) is 13.1. The minimum absolute atomic E-state index is 0. The molecule has 0 atom stereocenters. The SMILES string of the molecule is CN1C(=O)COc2c(C(=O)O)cc([N+](=O)[O-])cc21.Cl. The third-order valence-corrected chi connectivity index (χ3v) is 2.57. The number of non-ortho nitro benzene ring substituents is 1. The average Bonchev–Trinajstić information content (AvgIpc) is 2.32. The summed E-state index contributed by atoms with van der Waals surface area (Å²) in [5.74, 6) is -1.78. The predicted molar refractivity (Wildman–Crippen MR) is 66.2 cm³/mol. The summed E-state index contributed by atoms with van der Waals surface area (Å²) in [6.07, 6.45) is 0. The molecule has 1 aromatic carbocycles. The van der Waals surface area contributed by atoms with E-state index in [0.29, 0.717) is 0 Å². The first-order chi connectivity index (χ1) is 8.41. The van der Waals surface area contributed by atoms with Crippen molar-refractivity contribution < 1.29 is 24.4 Å². The van der Waals surface area contributed by atoms with Crippen molar-refractivity contribution in [1.82, 2.24) is 0 Å². The number of ether oxygens (including phenoxy) is 1. The molecule has 1 aliphatic rings. The van der Waals surface area contributed by atoms with Gasteiger partial charge in [-0.25, -0.2) is 4.79 Å². The van der Waals surface area contributed by atoms with Crippen LogP contribution in [0.1, 0.15) is 10.4 Å². The highest BCUT2D eigenvalue weighted by atomic mass is 35.5. The standard InChI is InChI=1S/C10H8N2O6.ClH/c1-11-7-3-5(12(16)17)2-6(10(14)15)9(7)18-4-8(11)13;/h2-3H,4H2,1H3,(H,14,15);1H. The van der Waals surface area contributed by atoms with Crippen molar-refractivity contribution in [3.05, 3.63) is 27.8 Å². The summed E-state index contributed by atoms with van der Waals surface area (Å²) >= 11 is 0. The number of benzene rings is 1. The number of halogens is 1. The Bertz CT molecular complexity index is 573. The first kappa shape index (κ1) is 14.7. The number of hydrogen-bond acceptors (Lipinski definition) is 5. The van der Waals surface area contributed by atoms with Gasteiger partial charge in [0.05, 0.1) is 10.6 Å². The lowest BCUT2D eigenvalue weighted by molar-refractivity contribution is -0.384. The van der Waals surface area contributed by atoms with Crippen LogP contribution in [0.5, 0.6) is 5.75 Å². The van der Waals surface area contributed by atoms with E-state index in [1.165, 1.54) is 7.05 Å². The van der Waals surface area contributed by atoms with Gasteiger partial charge in [-0.05, 0) is 0 Å². The van der Waals surface area contributed by atoms with Crippen LogP contribution >= 0.6 is 12.4 Å². The topological polar surface area (TPSA) is 110 Å². The fourth-order valence-electron chi connectivity index (χ4n) is 1.63. The number of nitro benzene ring substituents is 1. The quantitative estimate of drug-likeness (QED) is 0.644. The molecule has 0 saturated carbocycles. The number of carbonyl (C=O) groups excluding carboxylic acids is 1. The van der Waals surface area contributed by atoms with E-state index in [0.717, 1.165) is 17.0 Å². The molecule has 0 radical (unpaired) electrons. The van der Waals surface area contributed by atoms with E-state index in [9.17, 15) is 19.7 Å². The van der Waals surface area contributed by atoms with Gasteiger partial charge in [0.25, 0.3) is 11.6 Å². The van der Waals surface area contributed by atoms with Crippen LogP contribution in [0.2, 0.25) is 0 Å². The molecule has 1 aromatic rings. The van der Waals surface area contributed by atoms with Gasteiger partial charge in [-0.3, -0.25) is 14.9 Å². The van der Waals surface area contributed by atoms with Crippen molar-refractivity contribution in [2.45, 2.75) is 0 Å². The van der Waals surface area contributed by atoms with E-state index < -0.39 is 22.5 Å². The highest BCUT2D eigenvalue weighted by Gasteiger charge is 2.30. The molecule has 8 nitrogen and oxygen atoms in total. The number of rotatable bonds is 2. The molecule has 0 spiro atoms. The van der Waals surface area contributed by atoms with Crippen LogP contribution in [0.15, 0.2) is 12.1 Å². The molecule has 0 aliphatic carbocycles. The zero-order valence-corrected chi connectivity index (χ0v) is 10.5. The minimum Gasteiger partial charge on any atom is -0.481 e. The molecule has 0 aromatic heterocycles. The van der Waals surface area contributed by atoms with Crippen molar-refractivity contribution in [1.29, 1.82) is 0 Å². The summed E-state index contributed by atoms with van der Waals surface area (Å²) in [5, 5.41) is 19.7. The highest BCUT2D eigenvalue weighted by Crippen LogP contribution is 2.38. The van der Waals surface area contributed by atoms with Crippen LogP contribution in [0.3, 0.4) is 0 Å². The molecule has 0 fully saturated rings. The molecular weight excluding hydrogens is 280 g/mol. The molecule has 102 valence electrons. The molecule has 0 bridgehead atoms. The summed E-state index contributed by atoms with van der Waals surface area (Å²) in [6, 6.07) is 2.02. The Morgan fingerprint density at radius 3 is 2.68 bits per heavy atom. The Morgan fingerprint density at radius 2 is 2.16 bits per heavy atom. The van der Waals surface area contributed by atoms with Crippen molar-refractivity contribution in [2.24, 2.45) is 0 Å². The van der Waals surface area contributed by atoms with Gasteiger partial charge in [0, 0.05) is 19.2 Å². The van der Waals surface area contributed by atoms with Gasteiger partial charge in [-0.2, -0.15) is 0 Å². The molecule has 1 N–H and O–H groups in total. The third-order valence-electron chi connectivity index (χ3n) is 2.57. The number of carboxylic acid groups (broad SMARTS) is 1. The monoisotopic (exact) mass is 288 g/mol.